The normalized spacial score (nSPS) is 13.4. The zero-order valence-corrected chi connectivity index (χ0v) is 17.9. The number of unbranched alkanes of at least 4 members (excludes halogenated alkanes) is 2. The molecule has 6 heteroatoms. The van der Waals surface area contributed by atoms with Gasteiger partial charge in [-0.25, -0.2) is 9.78 Å². The van der Waals surface area contributed by atoms with Gasteiger partial charge in [-0.15, -0.1) is 0 Å². The summed E-state index contributed by atoms with van der Waals surface area (Å²) >= 11 is 3.54. The van der Waals surface area contributed by atoms with Crippen molar-refractivity contribution in [2.45, 2.75) is 47.0 Å². The second kappa shape index (κ2) is 8.30. The SMILES string of the molecule is CCCCCOc1cc(C)nc2c1C(=O)OCN2c1c(C)cc(Br)cc1C. The summed E-state index contributed by atoms with van der Waals surface area (Å²) in [6, 6.07) is 5.92. The third kappa shape index (κ3) is 4.10. The molecule has 0 saturated carbocycles. The average Bonchev–Trinajstić information content (AvgIpc) is 2.59. The number of aromatic nitrogens is 1. The van der Waals surface area contributed by atoms with Crippen molar-refractivity contribution in [2.24, 2.45) is 0 Å². The number of halogens is 1. The van der Waals surface area contributed by atoms with Gasteiger partial charge in [0.15, 0.2) is 12.5 Å². The van der Waals surface area contributed by atoms with E-state index in [0.717, 1.165) is 46.2 Å². The molecule has 0 aliphatic carbocycles. The Morgan fingerprint density at radius 1 is 1.19 bits per heavy atom. The summed E-state index contributed by atoms with van der Waals surface area (Å²) in [7, 11) is 0. The van der Waals surface area contributed by atoms with E-state index in [0.29, 0.717) is 23.7 Å². The van der Waals surface area contributed by atoms with E-state index in [-0.39, 0.29) is 12.7 Å². The van der Waals surface area contributed by atoms with E-state index < -0.39 is 0 Å². The molecule has 1 aliphatic rings. The summed E-state index contributed by atoms with van der Waals surface area (Å²) in [5, 5.41) is 0. The summed E-state index contributed by atoms with van der Waals surface area (Å²) in [4.78, 5) is 19.2. The number of fused-ring (bicyclic) bond motifs is 1. The number of hydrogen-bond donors (Lipinski definition) is 0. The van der Waals surface area contributed by atoms with Crippen molar-refractivity contribution in [1.29, 1.82) is 0 Å². The van der Waals surface area contributed by atoms with Gasteiger partial charge in [0.05, 0.1) is 12.3 Å². The second-order valence-corrected chi connectivity index (χ2v) is 7.81. The van der Waals surface area contributed by atoms with Crippen molar-refractivity contribution in [3.63, 3.8) is 0 Å². The molecule has 27 heavy (non-hydrogen) atoms. The van der Waals surface area contributed by atoms with Crippen molar-refractivity contribution < 1.29 is 14.3 Å². The Kier molecular flexibility index (Phi) is 6.05. The molecule has 3 rings (SSSR count). The minimum Gasteiger partial charge on any atom is -0.492 e. The van der Waals surface area contributed by atoms with Gasteiger partial charge in [0.25, 0.3) is 0 Å². The molecule has 2 heterocycles. The van der Waals surface area contributed by atoms with Gasteiger partial charge in [0, 0.05) is 16.2 Å². The van der Waals surface area contributed by atoms with Crippen molar-refractivity contribution in [1.82, 2.24) is 4.98 Å². The van der Waals surface area contributed by atoms with Crippen LogP contribution in [-0.2, 0) is 4.74 Å². The number of ether oxygens (including phenoxy) is 2. The molecule has 0 saturated heterocycles. The number of aryl methyl sites for hydroxylation is 3. The zero-order chi connectivity index (χ0) is 19.6. The van der Waals surface area contributed by atoms with Crippen LogP contribution in [0.5, 0.6) is 5.75 Å². The molecule has 0 radical (unpaired) electrons. The highest BCUT2D eigenvalue weighted by atomic mass is 79.9. The molecular weight excluding hydrogens is 408 g/mol. The minimum absolute atomic E-state index is 0.140. The molecule has 0 fully saturated rings. The fourth-order valence-corrected chi connectivity index (χ4v) is 4.11. The van der Waals surface area contributed by atoms with Crippen LogP contribution < -0.4 is 9.64 Å². The Hall–Kier alpha value is -2.08. The molecule has 0 amide bonds. The summed E-state index contributed by atoms with van der Waals surface area (Å²) in [5.74, 6) is 0.771. The highest BCUT2D eigenvalue weighted by molar-refractivity contribution is 9.10. The largest absolute Gasteiger partial charge is 0.492 e. The van der Waals surface area contributed by atoms with Crippen LogP contribution in [0.3, 0.4) is 0 Å². The number of hydrogen-bond acceptors (Lipinski definition) is 5. The van der Waals surface area contributed by atoms with Crippen LogP contribution in [0, 0.1) is 20.8 Å². The quantitative estimate of drug-likeness (QED) is 0.438. The molecule has 1 aliphatic heterocycles. The summed E-state index contributed by atoms with van der Waals surface area (Å²) in [6.07, 6.45) is 3.17. The van der Waals surface area contributed by atoms with Crippen LogP contribution in [0.2, 0.25) is 0 Å². The smallest absolute Gasteiger partial charge is 0.347 e. The Balaban J connectivity index is 2.05. The van der Waals surface area contributed by atoms with Gasteiger partial charge in [-0.2, -0.15) is 0 Å². The van der Waals surface area contributed by atoms with Gasteiger partial charge >= 0.3 is 5.97 Å². The van der Waals surface area contributed by atoms with Crippen LogP contribution >= 0.6 is 15.9 Å². The van der Waals surface area contributed by atoms with Crippen LogP contribution in [-0.4, -0.2) is 24.3 Å². The fourth-order valence-electron chi connectivity index (χ4n) is 3.42. The van der Waals surface area contributed by atoms with E-state index in [1.54, 1.807) is 0 Å². The third-order valence-electron chi connectivity index (χ3n) is 4.61. The molecule has 0 unspecified atom stereocenters. The Bertz CT molecular complexity index is 844. The molecule has 0 spiro atoms. The number of benzene rings is 1. The molecule has 0 bridgehead atoms. The van der Waals surface area contributed by atoms with Gasteiger partial charge < -0.3 is 9.47 Å². The first-order chi connectivity index (χ1) is 12.9. The third-order valence-corrected chi connectivity index (χ3v) is 5.07. The Morgan fingerprint density at radius 3 is 2.56 bits per heavy atom. The van der Waals surface area contributed by atoms with Gasteiger partial charge in [-0.1, -0.05) is 35.7 Å². The highest BCUT2D eigenvalue weighted by Gasteiger charge is 2.32. The highest BCUT2D eigenvalue weighted by Crippen LogP contribution is 2.40. The molecule has 0 atom stereocenters. The monoisotopic (exact) mass is 432 g/mol. The van der Waals surface area contributed by atoms with E-state index in [9.17, 15) is 4.79 Å². The molecule has 144 valence electrons. The molecule has 5 nitrogen and oxygen atoms in total. The van der Waals surface area contributed by atoms with Crippen LogP contribution in [0.1, 0.15) is 53.4 Å². The Morgan fingerprint density at radius 2 is 1.89 bits per heavy atom. The van der Waals surface area contributed by atoms with Crippen molar-refractivity contribution in [3.05, 3.63) is 45.1 Å². The van der Waals surface area contributed by atoms with Gasteiger partial charge in [0.2, 0.25) is 0 Å². The number of rotatable bonds is 6. The standard InChI is InChI=1S/C21H25BrN2O3/c1-5-6-7-8-26-17-11-15(4)23-20-18(17)21(25)27-12-24(20)19-13(2)9-16(22)10-14(19)3/h9-11H,5-8,12H2,1-4H3. The Labute approximate surface area is 168 Å². The average molecular weight is 433 g/mol. The number of pyridine rings is 1. The van der Waals surface area contributed by atoms with E-state index in [1.807, 2.05) is 31.7 Å². The molecular formula is C21H25BrN2O3. The zero-order valence-electron chi connectivity index (χ0n) is 16.3. The number of cyclic esters (lactones) is 1. The number of esters is 1. The molecule has 2 aromatic rings. The van der Waals surface area contributed by atoms with Crippen LogP contribution in [0.4, 0.5) is 11.5 Å². The number of anilines is 2. The number of carbonyl (C=O) groups excluding carboxylic acids is 1. The van der Waals surface area contributed by atoms with E-state index in [1.165, 1.54) is 0 Å². The summed E-state index contributed by atoms with van der Waals surface area (Å²) in [6.45, 7) is 8.87. The lowest BCUT2D eigenvalue weighted by Crippen LogP contribution is -2.33. The lowest BCUT2D eigenvalue weighted by atomic mass is 10.1. The van der Waals surface area contributed by atoms with Gasteiger partial charge in [-0.05, 0) is 50.5 Å². The van der Waals surface area contributed by atoms with Crippen molar-refractivity contribution in [3.8, 4) is 5.75 Å². The maximum Gasteiger partial charge on any atom is 0.347 e. The first-order valence-electron chi connectivity index (χ1n) is 9.28. The fraction of sp³-hybridized carbons (Fsp3) is 0.429. The van der Waals surface area contributed by atoms with Crippen LogP contribution in [0.15, 0.2) is 22.7 Å². The predicted octanol–water partition coefficient (Wildman–Crippen LogP) is 5.60. The molecule has 1 aromatic carbocycles. The van der Waals surface area contributed by atoms with E-state index in [2.05, 4.69) is 40.0 Å². The maximum atomic E-state index is 12.5. The minimum atomic E-state index is -0.383. The van der Waals surface area contributed by atoms with Gasteiger partial charge in [0.1, 0.15) is 11.3 Å². The second-order valence-electron chi connectivity index (χ2n) is 6.89. The number of carbonyl (C=O) groups is 1. The van der Waals surface area contributed by atoms with Crippen LogP contribution in [0.25, 0.3) is 0 Å². The first kappa shape index (κ1) is 19.7. The lowest BCUT2D eigenvalue weighted by molar-refractivity contribution is 0.0486. The van der Waals surface area contributed by atoms with E-state index in [4.69, 9.17) is 9.47 Å². The van der Waals surface area contributed by atoms with E-state index >= 15 is 0 Å². The predicted molar refractivity (Wildman–Crippen MR) is 110 cm³/mol. The first-order valence-corrected chi connectivity index (χ1v) is 10.1. The maximum absolute atomic E-state index is 12.5. The number of nitrogens with zero attached hydrogens (tertiary/aromatic N) is 2. The molecule has 0 N–H and O–H groups in total. The van der Waals surface area contributed by atoms with Crippen molar-refractivity contribution in [2.75, 3.05) is 18.2 Å². The summed E-state index contributed by atoms with van der Waals surface area (Å²) in [5.41, 5.74) is 4.39. The topological polar surface area (TPSA) is 51.7 Å². The van der Waals surface area contributed by atoms with Gasteiger partial charge in [-0.3, -0.25) is 4.90 Å². The lowest BCUT2D eigenvalue weighted by Gasteiger charge is -2.32. The molecule has 1 aromatic heterocycles. The summed E-state index contributed by atoms with van der Waals surface area (Å²) < 4.78 is 12.4. The van der Waals surface area contributed by atoms with Crippen molar-refractivity contribution >= 4 is 33.4 Å².